The maximum Gasteiger partial charge on any atom is 0.230 e. The largest absolute Gasteiger partial charge is 0.282 e. The molecule has 0 aliphatic carbocycles. The van der Waals surface area contributed by atoms with E-state index in [0.717, 1.165) is 34.9 Å². The van der Waals surface area contributed by atoms with Crippen LogP contribution in [0.15, 0.2) is 50.1 Å². The van der Waals surface area contributed by atoms with E-state index in [1.807, 2.05) is 18.2 Å². The van der Waals surface area contributed by atoms with Crippen LogP contribution in [-0.2, 0) is 40.7 Å². The molecule has 0 aliphatic heterocycles. The van der Waals surface area contributed by atoms with Crippen molar-refractivity contribution in [3.05, 3.63) is 72.4 Å². The fraction of sp³-hybridized carbons (Fsp3) is 0.294. The molecule has 0 saturated heterocycles. The minimum absolute atomic E-state index is 0.161. The molecule has 0 unspecified atom stereocenters. The summed E-state index contributed by atoms with van der Waals surface area (Å²) in [7, 11) is -3.39. The molecule has 4 nitrogen and oxygen atoms in total. The molecule has 0 radical (unpaired) electrons. The highest BCUT2D eigenvalue weighted by molar-refractivity contribution is 7.88. The summed E-state index contributed by atoms with van der Waals surface area (Å²) in [6.07, 6.45) is 8.69. The lowest BCUT2D eigenvalue weighted by molar-refractivity contribution is 0.0792. The molecule has 1 aromatic rings. The fourth-order valence-electron chi connectivity index (χ4n) is 2.22. The van der Waals surface area contributed by atoms with Gasteiger partial charge in [-0.25, -0.2) is 8.42 Å². The van der Waals surface area contributed by atoms with E-state index in [0.29, 0.717) is 12.8 Å². The van der Waals surface area contributed by atoms with Crippen LogP contribution in [0, 0.1) is 0 Å². The van der Waals surface area contributed by atoms with Crippen LogP contribution in [0.5, 0.6) is 0 Å². The van der Waals surface area contributed by atoms with E-state index in [4.69, 9.17) is 4.84 Å². The Balaban J connectivity index is 3.15. The molecule has 0 atom stereocenters. The van der Waals surface area contributed by atoms with Gasteiger partial charge < -0.3 is 0 Å². The third-order valence-electron chi connectivity index (χ3n) is 3.03. The highest BCUT2D eigenvalue weighted by Gasteiger charge is 2.11. The molecule has 22 heavy (non-hydrogen) atoms. The topological polar surface area (TPSA) is 55.4 Å². The second-order valence-electron chi connectivity index (χ2n) is 5.02. The average Bonchev–Trinajstić information content (AvgIpc) is 2.41. The van der Waals surface area contributed by atoms with Crippen molar-refractivity contribution in [1.29, 1.82) is 0 Å². The van der Waals surface area contributed by atoms with Crippen LogP contribution < -0.4 is 4.89 Å². The van der Waals surface area contributed by atoms with Crippen molar-refractivity contribution in [2.75, 3.05) is 6.26 Å². The van der Waals surface area contributed by atoms with E-state index in [2.05, 4.69) is 36.8 Å². The molecule has 0 amide bonds. The third-order valence-corrected chi connectivity index (χ3v) is 3.45. The second-order valence-corrected chi connectivity index (χ2v) is 6.73. The van der Waals surface area contributed by atoms with Gasteiger partial charge in [-0.05, 0) is 41.5 Å². The Morgan fingerprint density at radius 3 is 1.95 bits per heavy atom. The van der Waals surface area contributed by atoms with Gasteiger partial charge in [0.05, 0.1) is 12.9 Å². The number of allylic oxidation sites excluding steroid dienone is 3. The van der Waals surface area contributed by atoms with Crippen LogP contribution in [0.2, 0.25) is 0 Å². The van der Waals surface area contributed by atoms with Crippen LogP contribution in [0.25, 0.3) is 0 Å². The monoisotopic (exact) mass is 321 g/mol. The predicted molar refractivity (Wildman–Crippen MR) is 90.9 cm³/mol. The summed E-state index contributed by atoms with van der Waals surface area (Å²) >= 11 is 0. The first-order valence-corrected chi connectivity index (χ1v) is 8.85. The number of nitrogens with one attached hydrogen (secondary N) is 1. The Kier molecular flexibility index (Phi) is 7.24. The van der Waals surface area contributed by atoms with Gasteiger partial charge in [-0.3, -0.25) is 4.84 Å². The molecule has 0 aromatic heterocycles. The van der Waals surface area contributed by atoms with Crippen LogP contribution in [0.1, 0.15) is 22.3 Å². The standard InChI is InChI=1S/C17H23NO3S/c1-5-8-14-11-15(9-6-2)17(16(12-14)10-7-3)13-21-18-22(4,19)20/h5-7,11-12,18H,1-3,8-10,13H2,4H3. The highest BCUT2D eigenvalue weighted by atomic mass is 32.2. The molecule has 120 valence electrons. The molecule has 1 aromatic carbocycles. The zero-order valence-corrected chi connectivity index (χ0v) is 13.8. The van der Waals surface area contributed by atoms with Gasteiger partial charge in [0.15, 0.2) is 0 Å². The van der Waals surface area contributed by atoms with Gasteiger partial charge in [0.2, 0.25) is 10.0 Å². The first-order chi connectivity index (χ1) is 10.4. The Labute approximate surface area is 133 Å². The lowest BCUT2D eigenvalue weighted by atomic mass is 9.93. The summed E-state index contributed by atoms with van der Waals surface area (Å²) < 4.78 is 22.2. The average molecular weight is 321 g/mol. The van der Waals surface area contributed by atoms with Gasteiger partial charge in [0.25, 0.3) is 0 Å². The lowest BCUT2D eigenvalue weighted by Crippen LogP contribution is -2.22. The summed E-state index contributed by atoms with van der Waals surface area (Å²) in [6.45, 7) is 11.5. The van der Waals surface area contributed by atoms with E-state index >= 15 is 0 Å². The molecule has 0 spiro atoms. The Hall–Kier alpha value is -1.69. The third kappa shape index (κ3) is 5.97. The van der Waals surface area contributed by atoms with Crippen molar-refractivity contribution < 1.29 is 13.3 Å². The van der Waals surface area contributed by atoms with Crippen LogP contribution in [0.4, 0.5) is 0 Å². The normalized spacial score (nSPS) is 11.1. The molecule has 1 N–H and O–H groups in total. The van der Waals surface area contributed by atoms with Crippen LogP contribution in [0.3, 0.4) is 0 Å². The number of sulfonamides is 1. The predicted octanol–water partition coefficient (Wildman–Crippen LogP) is 2.85. The van der Waals surface area contributed by atoms with E-state index < -0.39 is 10.0 Å². The van der Waals surface area contributed by atoms with E-state index in [-0.39, 0.29) is 6.61 Å². The maximum atomic E-state index is 11.1. The van der Waals surface area contributed by atoms with Gasteiger partial charge in [-0.15, -0.1) is 19.7 Å². The zero-order chi connectivity index (χ0) is 16.6. The zero-order valence-electron chi connectivity index (χ0n) is 13.0. The highest BCUT2D eigenvalue weighted by Crippen LogP contribution is 2.22. The Bertz CT molecular complexity index is 617. The number of hydrogen-bond acceptors (Lipinski definition) is 3. The molecule has 0 bridgehead atoms. The van der Waals surface area contributed by atoms with Crippen molar-refractivity contribution in [1.82, 2.24) is 4.89 Å². The maximum absolute atomic E-state index is 11.1. The van der Waals surface area contributed by atoms with Gasteiger partial charge in [0, 0.05) is 0 Å². The molecule has 0 aliphatic rings. The smallest absolute Gasteiger partial charge is 0.230 e. The van der Waals surface area contributed by atoms with Crippen molar-refractivity contribution in [2.45, 2.75) is 25.9 Å². The van der Waals surface area contributed by atoms with Gasteiger partial charge in [-0.1, -0.05) is 35.2 Å². The van der Waals surface area contributed by atoms with Gasteiger partial charge in [0.1, 0.15) is 0 Å². The van der Waals surface area contributed by atoms with E-state index in [1.165, 1.54) is 0 Å². The van der Waals surface area contributed by atoms with Crippen molar-refractivity contribution in [2.24, 2.45) is 0 Å². The van der Waals surface area contributed by atoms with Gasteiger partial charge in [-0.2, -0.15) is 0 Å². The number of hydrogen-bond donors (Lipinski definition) is 1. The first-order valence-electron chi connectivity index (χ1n) is 6.96. The van der Waals surface area contributed by atoms with Crippen molar-refractivity contribution >= 4 is 10.0 Å². The fourth-order valence-corrected chi connectivity index (χ4v) is 2.50. The molecule has 0 heterocycles. The molecule has 0 saturated carbocycles. The summed E-state index contributed by atoms with van der Waals surface area (Å²) in [5.74, 6) is 0. The summed E-state index contributed by atoms with van der Waals surface area (Å²) in [6, 6.07) is 4.16. The molecule has 0 fully saturated rings. The summed E-state index contributed by atoms with van der Waals surface area (Å²) in [5, 5.41) is 0. The minimum Gasteiger partial charge on any atom is -0.282 e. The Morgan fingerprint density at radius 2 is 1.55 bits per heavy atom. The number of rotatable bonds is 10. The Morgan fingerprint density at radius 1 is 1.05 bits per heavy atom. The number of benzene rings is 1. The molecule has 5 heteroatoms. The molecular weight excluding hydrogens is 298 g/mol. The van der Waals surface area contributed by atoms with Crippen molar-refractivity contribution in [3.8, 4) is 0 Å². The first kappa shape index (κ1) is 18.4. The van der Waals surface area contributed by atoms with Gasteiger partial charge >= 0.3 is 0 Å². The van der Waals surface area contributed by atoms with E-state index in [1.54, 1.807) is 0 Å². The molecular formula is C17H23NO3S. The lowest BCUT2D eigenvalue weighted by Gasteiger charge is -2.16. The summed E-state index contributed by atoms with van der Waals surface area (Å²) in [4.78, 5) is 7.18. The summed E-state index contributed by atoms with van der Waals surface area (Å²) in [5.41, 5.74) is 4.26. The SMILES string of the molecule is C=CCc1cc(CC=C)c(CONS(C)(=O)=O)c(CC=C)c1. The van der Waals surface area contributed by atoms with E-state index in [9.17, 15) is 8.42 Å². The second kappa shape index (κ2) is 8.68. The van der Waals surface area contributed by atoms with Crippen molar-refractivity contribution in [3.63, 3.8) is 0 Å². The van der Waals surface area contributed by atoms with Crippen LogP contribution >= 0.6 is 0 Å². The quantitative estimate of drug-likeness (QED) is 0.532. The van der Waals surface area contributed by atoms with Crippen LogP contribution in [-0.4, -0.2) is 14.7 Å². The minimum atomic E-state index is -3.39. The molecule has 1 rings (SSSR count).